The van der Waals surface area contributed by atoms with Gasteiger partial charge < -0.3 is 14.4 Å². The van der Waals surface area contributed by atoms with Gasteiger partial charge in [0.15, 0.2) is 5.78 Å². The highest BCUT2D eigenvalue weighted by Crippen LogP contribution is 2.60. The molecule has 1 N–H and O–H groups in total. The third-order valence-electron chi connectivity index (χ3n) is 4.17. The molecule has 4 aromatic rings. The van der Waals surface area contributed by atoms with Crippen molar-refractivity contribution in [3.63, 3.8) is 0 Å². The quantitative estimate of drug-likeness (QED) is 0.326. The van der Waals surface area contributed by atoms with Crippen LogP contribution in [-0.4, -0.2) is 10.2 Å². The van der Waals surface area contributed by atoms with Crippen molar-refractivity contribution in [2.24, 2.45) is 0 Å². The summed E-state index contributed by atoms with van der Waals surface area (Å²) in [7, 11) is -3.82. The van der Waals surface area contributed by atoms with Crippen LogP contribution in [0.25, 0.3) is 0 Å². The first-order valence-corrected chi connectivity index (χ1v) is 11.8. The second-order valence-electron chi connectivity index (χ2n) is 6.43. The molecule has 0 saturated heterocycles. The van der Waals surface area contributed by atoms with Gasteiger partial charge in [0.1, 0.15) is 16.5 Å². The van der Waals surface area contributed by atoms with Gasteiger partial charge in [-0.15, -0.1) is 10.2 Å². The lowest BCUT2D eigenvalue weighted by molar-refractivity contribution is 0.376. The van der Waals surface area contributed by atoms with Crippen LogP contribution in [0.15, 0.2) is 91.0 Å². The number of para-hydroxylation sites is 2. The summed E-state index contributed by atoms with van der Waals surface area (Å²) in [5, 5.41) is 12.7. The van der Waals surface area contributed by atoms with E-state index in [0.717, 1.165) is 10.6 Å². The van der Waals surface area contributed by atoms with Gasteiger partial charge in [0.25, 0.3) is 0 Å². The Labute approximate surface area is 179 Å². The molecule has 0 amide bonds. The van der Waals surface area contributed by atoms with Crippen molar-refractivity contribution in [3.05, 3.63) is 102 Å². The first-order chi connectivity index (χ1) is 14.6. The van der Waals surface area contributed by atoms with Crippen molar-refractivity contribution < 1.29 is 13.6 Å². The fraction of sp³-hybridized carbons (Fsp3) is 0.0909. The average molecular weight is 437 g/mol. The first kappa shape index (κ1) is 20.1. The van der Waals surface area contributed by atoms with E-state index in [1.54, 1.807) is 24.3 Å². The molecular formula is C22H20N3O3PS. The van der Waals surface area contributed by atoms with Crippen molar-refractivity contribution in [2.45, 2.75) is 12.7 Å². The first-order valence-electron chi connectivity index (χ1n) is 9.33. The lowest BCUT2D eigenvalue weighted by atomic mass is 10.2. The topological polar surface area (TPSA) is 73.3 Å². The lowest BCUT2D eigenvalue weighted by Crippen LogP contribution is -2.18. The Morgan fingerprint density at radius 3 is 1.77 bits per heavy atom. The summed E-state index contributed by atoms with van der Waals surface area (Å²) in [4.78, 5) is 0. The maximum Gasteiger partial charge on any atom is 0.457 e. The zero-order valence-electron chi connectivity index (χ0n) is 16.2. The summed E-state index contributed by atoms with van der Waals surface area (Å²) in [5.74, 6) is 0.104. The van der Waals surface area contributed by atoms with Gasteiger partial charge in [-0.05, 0) is 36.8 Å². The average Bonchev–Trinajstić information content (AvgIpc) is 3.19. The van der Waals surface area contributed by atoms with Crippen LogP contribution in [0.5, 0.6) is 11.5 Å². The Morgan fingerprint density at radius 2 is 1.30 bits per heavy atom. The number of benzene rings is 3. The summed E-state index contributed by atoms with van der Waals surface area (Å²) in [6, 6.07) is 27.4. The predicted molar refractivity (Wildman–Crippen MR) is 119 cm³/mol. The van der Waals surface area contributed by atoms with Gasteiger partial charge in [-0.1, -0.05) is 78.1 Å². The Morgan fingerprint density at radius 1 is 0.800 bits per heavy atom. The number of aromatic nitrogens is 2. The van der Waals surface area contributed by atoms with Gasteiger partial charge in [0, 0.05) is 0 Å². The standard InChI is InChI=1S/C22H20N3O3PS/c1-17-24-25-22(30-17)23-21(18-11-5-2-6-12-18)29(26,27-19-13-7-3-8-14-19)28-20-15-9-4-10-16-20/h2-16,21H,1H3,(H,23,25). The van der Waals surface area contributed by atoms with Crippen LogP contribution < -0.4 is 14.4 Å². The summed E-state index contributed by atoms with van der Waals surface area (Å²) >= 11 is 1.37. The maximum absolute atomic E-state index is 14.3. The highest BCUT2D eigenvalue weighted by molar-refractivity contribution is 7.55. The summed E-state index contributed by atoms with van der Waals surface area (Å²) in [5.41, 5.74) is 0.751. The minimum atomic E-state index is -3.82. The molecule has 1 aromatic heterocycles. The molecule has 0 aliphatic heterocycles. The van der Waals surface area contributed by atoms with E-state index in [1.807, 2.05) is 73.7 Å². The van der Waals surface area contributed by atoms with Crippen LogP contribution in [0.1, 0.15) is 16.4 Å². The fourth-order valence-corrected chi connectivity index (χ4v) is 5.44. The Kier molecular flexibility index (Phi) is 6.12. The lowest BCUT2D eigenvalue weighted by Gasteiger charge is -2.28. The third kappa shape index (κ3) is 4.87. The van der Waals surface area contributed by atoms with E-state index >= 15 is 0 Å². The molecule has 6 nitrogen and oxygen atoms in total. The highest BCUT2D eigenvalue weighted by atomic mass is 32.1. The number of anilines is 1. The monoisotopic (exact) mass is 437 g/mol. The molecule has 0 aliphatic carbocycles. The number of hydrogen-bond donors (Lipinski definition) is 1. The Balaban J connectivity index is 1.77. The van der Waals surface area contributed by atoms with Gasteiger partial charge in [0.2, 0.25) is 5.13 Å². The largest absolute Gasteiger partial charge is 0.457 e. The van der Waals surface area contributed by atoms with Crippen LogP contribution in [0.3, 0.4) is 0 Å². The van der Waals surface area contributed by atoms with Crippen LogP contribution in [0.4, 0.5) is 5.13 Å². The van der Waals surface area contributed by atoms with Crippen LogP contribution in [-0.2, 0) is 4.57 Å². The molecule has 1 heterocycles. The summed E-state index contributed by atoms with van der Waals surface area (Å²) in [6.45, 7) is 1.86. The summed E-state index contributed by atoms with van der Waals surface area (Å²) < 4.78 is 26.4. The third-order valence-corrected chi connectivity index (χ3v) is 6.93. The zero-order valence-corrected chi connectivity index (χ0v) is 17.9. The van der Waals surface area contributed by atoms with Crippen LogP contribution in [0, 0.1) is 6.92 Å². The van der Waals surface area contributed by atoms with Gasteiger partial charge in [-0.25, -0.2) is 4.57 Å². The molecule has 0 spiro atoms. The molecule has 0 bridgehead atoms. The van der Waals surface area contributed by atoms with E-state index < -0.39 is 13.4 Å². The van der Waals surface area contributed by atoms with E-state index in [9.17, 15) is 4.57 Å². The Bertz CT molecular complexity index is 1080. The number of hydrogen-bond acceptors (Lipinski definition) is 7. The van der Waals surface area contributed by atoms with Crippen LogP contribution >= 0.6 is 18.9 Å². The van der Waals surface area contributed by atoms with E-state index in [0.29, 0.717) is 16.6 Å². The fourth-order valence-electron chi connectivity index (χ4n) is 2.83. The number of nitrogens with one attached hydrogen (secondary N) is 1. The molecule has 3 aromatic carbocycles. The summed E-state index contributed by atoms with van der Waals surface area (Å²) in [6.07, 6.45) is 0. The smallest absolute Gasteiger partial charge is 0.414 e. The van der Waals surface area contributed by atoms with Gasteiger partial charge in [-0.3, -0.25) is 0 Å². The van der Waals surface area contributed by atoms with Gasteiger partial charge >= 0.3 is 7.60 Å². The maximum atomic E-state index is 14.3. The molecule has 0 radical (unpaired) electrons. The van der Waals surface area contributed by atoms with Crippen molar-refractivity contribution in [1.29, 1.82) is 0 Å². The van der Waals surface area contributed by atoms with Crippen LogP contribution in [0.2, 0.25) is 0 Å². The van der Waals surface area contributed by atoms with E-state index in [1.165, 1.54) is 11.3 Å². The normalized spacial score (nSPS) is 12.2. The van der Waals surface area contributed by atoms with Gasteiger partial charge in [0.05, 0.1) is 0 Å². The predicted octanol–water partition coefficient (Wildman–Crippen LogP) is 6.31. The highest BCUT2D eigenvalue weighted by Gasteiger charge is 2.41. The second-order valence-corrected chi connectivity index (χ2v) is 9.58. The minimum Gasteiger partial charge on any atom is -0.414 e. The number of rotatable bonds is 8. The molecule has 152 valence electrons. The molecular weight excluding hydrogens is 417 g/mol. The van der Waals surface area contributed by atoms with Crippen molar-refractivity contribution in [1.82, 2.24) is 10.2 Å². The second kappa shape index (κ2) is 9.11. The zero-order chi connectivity index (χ0) is 20.8. The molecule has 0 saturated carbocycles. The number of aryl methyl sites for hydroxylation is 1. The van der Waals surface area contributed by atoms with Crippen molar-refractivity contribution >= 4 is 24.1 Å². The molecule has 1 unspecified atom stereocenters. The molecule has 4 rings (SSSR count). The SMILES string of the molecule is Cc1nnc(NC(c2ccccc2)P(=O)(Oc2ccccc2)Oc2ccccc2)s1. The van der Waals surface area contributed by atoms with E-state index in [-0.39, 0.29) is 0 Å². The molecule has 30 heavy (non-hydrogen) atoms. The molecule has 0 aliphatic rings. The Hall–Kier alpha value is -3.15. The molecule has 0 fully saturated rings. The molecule has 8 heteroatoms. The van der Waals surface area contributed by atoms with E-state index in [2.05, 4.69) is 15.5 Å². The van der Waals surface area contributed by atoms with E-state index in [4.69, 9.17) is 9.05 Å². The number of nitrogens with zero attached hydrogens (tertiary/aromatic N) is 2. The van der Waals surface area contributed by atoms with Crippen molar-refractivity contribution in [3.8, 4) is 11.5 Å². The van der Waals surface area contributed by atoms with Gasteiger partial charge in [-0.2, -0.15) is 0 Å². The minimum absolute atomic E-state index is 0.452. The van der Waals surface area contributed by atoms with Crippen molar-refractivity contribution in [2.75, 3.05) is 5.32 Å². The molecule has 1 atom stereocenters.